The first kappa shape index (κ1) is 23.5. The maximum Gasteiger partial charge on any atom is 0.358 e. The molecule has 0 radical (unpaired) electrons. The minimum Gasteiger partial charge on any atom is -0.427 e. The first-order valence-electron chi connectivity index (χ1n) is 10.4. The Bertz CT molecular complexity index is 973. The highest BCUT2D eigenvalue weighted by Gasteiger charge is 2.57. The Morgan fingerprint density at radius 2 is 1.81 bits per heavy atom. The molecule has 172 valence electrons. The number of aliphatic hydroxyl groups excluding tert-OH is 1. The number of carbonyl (C=O) groups excluding carboxylic acids is 4. The van der Waals surface area contributed by atoms with Crippen molar-refractivity contribution in [3.05, 3.63) is 41.1 Å². The summed E-state index contributed by atoms with van der Waals surface area (Å²) in [6, 6.07) is 6.27. The van der Waals surface area contributed by atoms with Crippen LogP contribution in [0.1, 0.15) is 50.0 Å². The van der Waals surface area contributed by atoms with Crippen LogP contribution in [0.5, 0.6) is 0 Å². The molecule has 2 heterocycles. The summed E-state index contributed by atoms with van der Waals surface area (Å²) in [6.45, 7) is 6.00. The lowest BCUT2D eigenvalue weighted by atomic mass is 9.82. The van der Waals surface area contributed by atoms with Gasteiger partial charge in [0.25, 0.3) is 5.91 Å². The van der Waals surface area contributed by atoms with Crippen LogP contribution in [0.25, 0.3) is 5.57 Å². The number of hydrogen-bond donors (Lipinski definition) is 2. The molecule has 2 aliphatic heterocycles. The summed E-state index contributed by atoms with van der Waals surface area (Å²) in [6.07, 6.45) is -0.504. The predicted octanol–water partition coefficient (Wildman–Crippen LogP) is 1.46. The average molecular weight is 444 g/mol. The Kier molecular flexibility index (Phi) is 6.41. The first-order valence-corrected chi connectivity index (χ1v) is 10.4. The smallest absolute Gasteiger partial charge is 0.358 e. The van der Waals surface area contributed by atoms with Gasteiger partial charge in [-0.1, -0.05) is 12.1 Å². The van der Waals surface area contributed by atoms with E-state index < -0.39 is 36.2 Å². The summed E-state index contributed by atoms with van der Waals surface area (Å²) >= 11 is 0. The maximum absolute atomic E-state index is 12.9. The number of esters is 2. The van der Waals surface area contributed by atoms with Gasteiger partial charge in [0.2, 0.25) is 12.7 Å². The second-order valence-electron chi connectivity index (χ2n) is 8.96. The van der Waals surface area contributed by atoms with E-state index in [1.54, 1.807) is 52.0 Å². The van der Waals surface area contributed by atoms with Crippen molar-refractivity contribution in [3.63, 3.8) is 0 Å². The van der Waals surface area contributed by atoms with E-state index in [-0.39, 0.29) is 23.6 Å². The highest BCUT2D eigenvalue weighted by molar-refractivity contribution is 6.07. The summed E-state index contributed by atoms with van der Waals surface area (Å²) < 4.78 is 10.2. The normalized spacial score (nSPS) is 20.9. The lowest BCUT2D eigenvalue weighted by Gasteiger charge is -2.44. The molecule has 0 bridgehead atoms. The van der Waals surface area contributed by atoms with Gasteiger partial charge in [0.05, 0.1) is 23.5 Å². The third kappa shape index (κ3) is 4.25. The van der Waals surface area contributed by atoms with E-state index in [0.717, 1.165) is 0 Å². The summed E-state index contributed by atoms with van der Waals surface area (Å²) in [5.74, 6) is -2.54. The lowest BCUT2D eigenvalue weighted by molar-refractivity contribution is -0.175. The molecular formula is C23H28N2O7. The van der Waals surface area contributed by atoms with Gasteiger partial charge in [-0.2, -0.15) is 0 Å². The molecule has 0 aromatic heterocycles. The van der Waals surface area contributed by atoms with Crippen molar-refractivity contribution in [2.75, 3.05) is 13.8 Å². The van der Waals surface area contributed by atoms with Crippen LogP contribution in [0.15, 0.2) is 30.0 Å². The molecule has 1 fully saturated rings. The summed E-state index contributed by atoms with van der Waals surface area (Å²) in [4.78, 5) is 50.6. The summed E-state index contributed by atoms with van der Waals surface area (Å²) in [5.41, 5.74) is 0.996. The monoisotopic (exact) mass is 444 g/mol. The molecule has 2 N–H and O–H groups in total. The Morgan fingerprint density at radius 3 is 2.34 bits per heavy atom. The molecule has 2 unspecified atom stereocenters. The van der Waals surface area contributed by atoms with Gasteiger partial charge in [-0.25, -0.2) is 4.79 Å². The lowest BCUT2D eigenvalue weighted by Crippen LogP contribution is -2.61. The van der Waals surface area contributed by atoms with Crippen LogP contribution in [0.3, 0.4) is 0 Å². The Morgan fingerprint density at radius 1 is 1.19 bits per heavy atom. The van der Waals surface area contributed by atoms with Crippen LogP contribution in [0.4, 0.5) is 0 Å². The van der Waals surface area contributed by atoms with Gasteiger partial charge in [-0.15, -0.1) is 0 Å². The van der Waals surface area contributed by atoms with Crippen molar-refractivity contribution in [1.82, 2.24) is 10.2 Å². The largest absolute Gasteiger partial charge is 0.427 e. The quantitative estimate of drug-likeness (QED) is 0.387. The number of carbonyl (C=O) groups is 4. The van der Waals surface area contributed by atoms with E-state index in [0.29, 0.717) is 23.1 Å². The van der Waals surface area contributed by atoms with E-state index in [9.17, 15) is 24.3 Å². The molecule has 0 spiro atoms. The van der Waals surface area contributed by atoms with Crippen molar-refractivity contribution >= 4 is 29.3 Å². The topological polar surface area (TPSA) is 122 Å². The van der Waals surface area contributed by atoms with Crippen LogP contribution in [0.2, 0.25) is 0 Å². The van der Waals surface area contributed by atoms with Crippen LogP contribution >= 0.6 is 0 Å². The number of fused-ring (bicyclic) bond motifs is 1. The number of amides is 2. The first-order chi connectivity index (χ1) is 15.0. The maximum atomic E-state index is 12.9. The van der Waals surface area contributed by atoms with E-state index >= 15 is 0 Å². The molecular weight excluding hydrogens is 416 g/mol. The van der Waals surface area contributed by atoms with E-state index in [4.69, 9.17) is 9.47 Å². The molecule has 1 saturated heterocycles. The summed E-state index contributed by atoms with van der Waals surface area (Å²) in [5, 5.41) is 12.5. The number of β-lactam (4-membered cyclic amide) rings is 1. The zero-order valence-electron chi connectivity index (χ0n) is 18.8. The van der Waals surface area contributed by atoms with Gasteiger partial charge in [-0.3, -0.25) is 14.4 Å². The van der Waals surface area contributed by atoms with Crippen LogP contribution < -0.4 is 5.32 Å². The van der Waals surface area contributed by atoms with Crippen molar-refractivity contribution in [2.24, 2.45) is 11.3 Å². The molecule has 3 atom stereocenters. The fraction of sp³-hybridized carbons (Fsp3) is 0.478. The molecule has 9 nitrogen and oxygen atoms in total. The molecule has 1 aromatic carbocycles. The van der Waals surface area contributed by atoms with Crippen molar-refractivity contribution in [1.29, 1.82) is 0 Å². The fourth-order valence-corrected chi connectivity index (χ4v) is 3.91. The second kappa shape index (κ2) is 8.74. The molecule has 2 amide bonds. The van der Waals surface area contributed by atoms with Crippen molar-refractivity contribution < 1.29 is 33.8 Å². The molecule has 2 aliphatic rings. The number of nitrogens with zero attached hydrogens (tertiary/aromatic N) is 1. The number of ether oxygens (including phenoxy) is 2. The molecule has 0 aliphatic carbocycles. The molecule has 3 rings (SSSR count). The standard InChI is InChI=1S/C23H28N2O7/c1-12(26)17-16-10-15(13-6-8-14(9-7-13)19(27)24-5)18(25(16)20(17)28)21(29)31-11-32-22(30)23(2,3)4/h6-9,12,16-17,26H,10-11H2,1-5H3,(H,24,27)/t12-,16?,17?/m1/s1. The highest BCUT2D eigenvalue weighted by atomic mass is 16.7. The van der Waals surface area contributed by atoms with Crippen LogP contribution in [0, 0.1) is 11.3 Å². The Balaban J connectivity index is 1.86. The van der Waals surface area contributed by atoms with Crippen molar-refractivity contribution in [2.45, 2.75) is 46.3 Å². The fourth-order valence-electron chi connectivity index (χ4n) is 3.91. The zero-order chi connectivity index (χ0) is 23.8. The Hall–Kier alpha value is -3.20. The average Bonchev–Trinajstić information content (AvgIpc) is 3.07. The predicted molar refractivity (Wildman–Crippen MR) is 114 cm³/mol. The Labute approximate surface area is 186 Å². The second-order valence-corrected chi connectivity index (χ2v) is 8.96. The molecule has 32 heavy (non-hydrogen) atoms. The van der Waals surface area contributed by atoms with E-state index in [1.807, 2.05) is 0 Å². The molecule has 0 saturated carbocycles. The number of hydrogen-bond acceptors (Lipinski definition) is 7. The summed E-state index contributed by atoms with van der Waals surface area (Å²) in [7, 11) is 1.53. The van der Waals surface area contributed by atoms with Gasteiger partial charge < -0.3 is 24.8 Å². The SMILES string of the molecule is CNC(=O)c1ccc(C2=C(C(=O)OCOC(=O)C(C)(C)C)N3C(=O)C([C@@H](C)O)C3C2)cc1. The minimum atomic E-state index is -0.858. The molecule has 9 heteroatoms. The van der Waals surface area contributed by atoms with Gasteiger partial charge in [0, 0.05) is 12.6 Å². The number of nitrogens with one attached hydrogen (secondary N) is 1. The minimum absolute atomic E-state index is 0.0661. The van der Waals surface area contributed by atoms with Crippen LogP contribution in [-0.2, 0) is 23.9 Å². The van der Waals surface area contributed by atoms with Gasteiger partial charge >= 0.3 is 11.9 Å². The van der Waals surface area contributed by atoms with E-state index in [2.05, 4.69) is 5.32 Å². The number of benzene rings is 1. The highest BCUT2D eigenvalue weighted by Crippen LogP contribution is 2.47. The zero-order valence-corrected chi connectivity index (χ0v) is 18.8. The number of rotatable bonds is 6. The van der Waals surface area contributed by atoms with Crippen LogP contribution in [-0.4, -0.2) is 59.7 Å². The third-order valence-corrected chi connectivity index (χ3v) is 5.64. The van der Waals surface area contributed by atoms with Crippen molar-refractivity contribution in [3.8, 4) is 0 Å². The third-order valence-electron chi connectivity index (χ3n) is 5.64. The van der Waals surface area contributed by atoms with Gasteiger partial charge in [-0.05, 0) is 57.4 Å². The molecule has 1 aromatic rings. The van der Waals surface area contributed by atoms with E-state index in [1.165, 1.54) is 11.9 Å². The number of aliphatic hydroxyl groups is 1. The van der Waals surface area contributed by atoms with Gasteiger partial charge in [0.15, 0.2) is 0 Å². The van der Waals surface area contributed by atoms with Gasteiger partial charge in [0.1, 0.15) is 5.70 Å².